The van der Waals surface area contributed by atoms with E-state index in [1.54, 1.807) is 24.8 Å². The van der Waals surface area contributed by atoms with Gasteiger partial charge in [-0.15, -0.1) is 0 Å². The molecular formula is C10H17NO2S. The Morgan fingerprint density at radius 2 is 2.36 bits per heavy atom. The molecule has 14 heavy (non-hydrogen) atoms. The number of nitrogens with one attached hydrogen (secondary N) is 1. The fourth-order valence-electron chi connectivity index (χ4n) is 1.40. The van der Waals surface area contributed by atoms with Crippen LogP contribution in [-0.2, 0) is 4.79 Å². The lowest BCUT2D eigenvalue weighted by Gasteiger charge is -2.23. The lowest BCUT2D eigenvalue weighted by atomic mass is 10.1. The van der Waals surface area contributed by atoms with E-state index in [9.17, 15) is 9.90 Å². The van der Waals surface area contributed by atoms with Gasteiger partial charge in [0.05, 0.1) is 5.60 Å². The van der Waals surface area contributed by atoms with E-state index < -0.39 is 5.60 Å². The smallest absolute Gasteiger partial charge is 0.157 e. The second-order valence-corrected chi connectivity index (χ2v) is 4.79. The zero-order valence-electron chi connectivity index (χ0n) is 8.67. The number of ketones is 1. The van der Waals surface area contributed by atoms with Gasteiger partial charge in [0, 0.05) is 30.5 Å². The van der Waals surface area contributed by atoms with Crippen LogP contribution in [0.5, 0.6) is 0 Å². The van der Waals surface area contributed by atoms with Crippen LogP contribution in [0.3, 0.4) is 0 Å². The number of rotatable bonds is 5. The Morgan fingerprint density at radius 1 is 1.64 bits per heavy atom. The lowest BCUT2D eigenvalue weighted by Crippen LogP contribution is -2.39. The third kappa shape index (κ3) is 3.72. The molecule has 0 aliphatic heterocycles. The van der Waals surface area contributed by atoms with Crippen molar-refractivity contribution in [1.29, 1.82) is 0 Å². The van der Waals surface area contributed by atoms with E-state index in [1.165, 1.54) is 0 Å². The number of allylic oxidation sites excluding steroid dienone is 2. The molecule has 0 saturated carbocycles. The molecular weight excluding hydrogens is 198 g/mol. The van der Waals surface area contributed by atoms with Crippen LogP contribution in [0.25, 0.3) is 0 Å². The zero-order chi connectivity index (χ0) is 10.6. The normalized spacial score (nSPS) is 20.5. The summed E-state index contributed by atoms with van der Waals surface area (Å²) < 4.78 is 0. The number of thioether (sulfide) groups is 1. The first kappa shape index (κ1) is 11.6. The van der Waals surface area contributed by atoms with Crippen LogP contribution in [-0.4, -0.2) is 35.0 Å². The molecule has 2 N–H and O–H groups in total. The molecule has 0 radical (unpaired) electrons. The SMILES string of the molecule is CSCC(C)(O)CNC1=CC(=O)CC1. The van der Waals surface area contributed by atoms with Gasteiger partial charge in [0.25, 0.3) is 0 Å². The maximum Gasteiger partial charge on any atom is 0.157 e. The van der Waals surface area contributed by atoms with E-state index in [0.29, 0.717) is 18.7 Å². The van der Waals surface area contributed by atoms with Crippen LogP contribution in [0.1, 0.15) is 19.8 Å². The monoisotopic (exact) mass is 215 g/mol. The van der Waals surface area contributed by atoms with Crippen LogP contribution in [0.4, 0.5) is 0 Å². The molecule has 1 atom stereocenters. The van der Waals surface area contributed by atoms with Gasteiger partial charge in [-0.3, -0.25) is 4.79 Å². The summed E-state index contributed by atoms with van der Waals surface area (Å²) >= 11 is 1.62. The van der Waals surface area contributed by atoms with Crippen molar-refractivity contribution < 1.29 is 9.90 Å². The summed E-state index contributed by atoms with van der Waals surface area (Å²) in [5.41, 5.74) is 0.252. The molecule has 0 aromatic carbocycles. The van der Waals surface area contributed by atoms with E-state index in [2.05, 4.69) is 5.32 Å². The Balaban J connectivity index is 2.33. The lowest BCUT2D eigenvalue weighted by molar-refractivity contribution is -0.114. The summed E-state index contributed by atoms with van der Waals surface area (Å²) in [7, 11) is 0. The predicted octanol–water partition coefficient (Wildman–Crippen LogP) is 0.937. The van der Waals surface area contributed by atoms with Crippen LogP contribution >= 0.6 is 11.8 Å². The number of hydrogen-bond donors (Lipinski definition) is 2. The minimum Gasteiger partial charge on any atom is -0.387 e. The van der Waals surface area contributed by atoms with Gasteiger partial charge in [-0.25, -0.2) is 0 Å². The first-order chi connectivity index (χ1) is 6.53. The molecule has 1 unspecified atom stereocenters. The van der Waals surface area contributed by atoms with E-state index >= 15 is 0 Å². The molecule has 1 aliphatic carbocycles. The van der Waals surface area contributed by atoms with Crippen LogP contribution < -0.4 is 5.32 Å². The molecule has 0 aromatic rings. The van der Waals surface area contributed by atoms with Crippen molar-refractivity contribution in [3.63, 3.8) is 0 Å². The quantitative estimate of drug-likeness (QED) is 0.716. The summed E-state index contributed by atoms with van der Waals surface area (Å²) in [4.78, 5) is 10.9. The minimum absolute atomic E-state index is 0.178. The summed E-state index contributed by atoms with van der Waals surface area (Å²) in [6, 6.07) is 0. The predicted molar refractivity (Wildman–Crippen MR) is 59.3 cm³/mol. The summed E-state index contributed by atoms with van der Waals surface area (Å²) in [5, 5.41) is 13.0. The second-order valence-electron chi connectivity index (χ2n) is 3.92. The van der Waals surface area contributed by atoms with E-state index in [4.69, 9.17) is 0 Å². The van der Waals surface area contributed by atoms with E-state index in [1.807, 2.05) is 6.26 Å². The van der Waals surface area contributed by atoms with Crippen LogP contribution in [0.2, 0.25) is 0 Å². The molecule has 0 bridgehead atoms. The Hall–Kier alpha value is -0.480. The molecule has 80 valence electrons. The fourth-order valence-corrected chi connectivity index (χ4v) is 2.13. The largest absolute Gasteiger partial charge is 0.387 e. The highest BCUT2D eigenvalue weighted by molar-refractivity contribution is 7.98. The van der Waals surface area contributed by atoms with Gasteiger partial charge in [0.15, 0.2) is 5.78 Å². The first-order valence-corrected chi connectivity index (χ1v) is 6.11. The van der Waals surface area contributed by atoms with Crippen molar-refractivity contribution in [2.45, 2.75) is 25.4 Å². The van der Waals surface area contributed by atoms with Crippen molar-refractivity contribution >= 4 is 17.5 Å². The van der Waals surface area contributed by atoms with Crippen molar-refractivity contribution in [3.8, 4) is 0 Å². The standard InChI is InChI=1S/C10H17NO2S/c1-10(13,7-14-2)6-11-8-3-4-9(12)5-8/h5,11,13H,3-4,6-7H2,1-2H3. The third-order valence-electron chi connectivity index (χ3n) is 2.13. The number of carbonyl (C=O) groups excluding carboxylic acids is 1. The third-order valence-corrected chi connectivity index (χ3v) is 3.04. The van der Waals surface area contributed by atoms with Crippen molar-refractivity contribution in [3.05, 3.63) is 11.8 Å². The Labute approximate surface area is 89.0 Å². The minimum atomic E-state index is -0.702. The van der Waals surface area contributed by atoms with Crippen molar-refractivity contribution in [2.24, 2.45) is 0 Å². The van der Waals surface area contributed by atoms with Gasteiger partial charge in [-0.2, -0.15) is 11.8 Å². The molecule has 0 aromatic heterocycles. The average molecular weight is 215 g/mol. The number of carbonyl (C=O) groups is 1. The molecule has 3 nitrogen and oxygen atoms in total. The van der Waals surface area contributed by atoms with Crippen molar-refractivity contribution in [1.82, 2.24) is 5.32 Å². The maximum atomic E-state index is 10.9. The summed E-state index contributed by atoms with van der Waals surface area (Å²) in [5.74, 6) is 0.873. The highest BCUT2D eigenvalue weighted by atomic mass is 32.2. The summed E-state index contributed by atoms with van der Waals surface area (Å²) in [6.07, 6.45) is 4.99. The molecule has 0 fully saturated rings. The Morgan fingerprint density at radius 3 is 2.86 bits per heavy atom. The fraction of sp³-hybridized carbons (Fsp3) is 0.700. The van der Waals surface area contributed by atoms with E-state index in [-0.39, 0.29) is 5.78 Å². The zero-order valence-corrected chi connectivity index (χ0v) is 9.49. The Kier molecular flexibility index (Phi) is 4.01. The molecule has 0 spiro atoms. The van der Waals surface area contributed by atoms with Gasteiger partial charge in [-0.05, 0) is 19.6 Å². The average Bonchev–Trinajstić information content (AvgIpc) is 2.48. The van der Waals surface area contributed by atoms with Gasteiger partial charge < -0.3 is 10.4 Å². The Bertz CT molecular complexity index is 249. The first-order valence-electron chi connectivity index (χ1n) is 4.72. The molecule has 1 rings (SSSR count). The van der Waals surface area contributed by atoms with Gasteiger partial charge in [0.1, 0.15) is 0 Å². The topological polar surface area (TPSA) is 49.3 Å². The van der Waals surface area contributed by atoms with Gasteiger partial charge >= 0.3 is 0 Å². The maximum absolute atomic E-state index is 10.9. The van der Waals surface area contributed by atoms with Crippen LogP contribution in [0, 0.1) is 0 Å². The summed E-state index contributed by atoms with van der Waals surface area (Å²) in [6.45, 7) is 2.31. The molecule has 1 aliphatic rings. The number of aliphatic hydroxyl groups is 1. The van der Waals surface area contributed by atoms with Gasteiger partial charge in [-0.1, -0.05) is 0 Å². The molecule has 0 heterocycles. The number of hydrogen-bond acceptors (Lipinski definition) is 4. The van der Waals surface area contributed by atoms with Crippen LogP contribution in [0.15, 0.2) is 11.8 Å². The molecule has 4 heteroatoms. The highest BCUT2D eigenvalue weighted by Gasteiger charge is 2.20. The second kappa shape index (κ2) is 4.84. The van der Waals surface area contributed by atoms with E-state index in [0.717, 1.165) is 12.1 Å². The molecule has 0 amide bonds. The van der Waals surface area contributed by atoms with Crippen molar-refractivity contribution in [2.75, 3.05) is 18.6 Å². The van der Waals surface area contributed by atoms with Gasteiger partial charge in [0.2, 0.25) is 0 Å². The highest BCUT2D eigenvalue weighted by Crippen LogP contribution is 2.14. The molecule has 0 saturated heterocycles.